The molecular formula is C27H27ClF3N7O3. The molecule has 216 valence electrons. The fourth-order valence-electron chi connectivity index (χ4n) is 4.83. The number of carbonyl (C=O) groups is 1. The van der Waals surface area contributed by atoms with Gasteiger partial charge in [-0.2, -0.15) is 13.2 Å². The van der Waals surface area contributed by atoms with Crippen molar-refractivity contribution in [3.63, 3.8) is 0 Å². The van der Waals surface area contributed by atoms with Crippen molar-refractivity contribution in [3.8, 4) is 17.1 Å². The Kier molecular flexibility index (Phi) is 8.00. The number of aromatic nitrogens is 6. The number of hydrogen-bond acceptors (Lipinski definition) is 6. The predicted molar refractivity (Wildman–Crippen MR) is 144 cm³/mol. The van der Waals surface area contributed by atoms with Crippen molar-refractivity contribution in [2.24, 2.45) is 0 Å². The molecule has 2 atom stereocenters. The van der Waals surface area contributed by atoms with Gasteiger partial charge in [0.2, 0.25) is 0 Å². The monoisotopic (exact) mass is 589 g/mol. The average molecular weight is 590 g/mol. The molecule has 41 heavy (non-hydrogen) atoms. The number of aliphatic hydroxyl groups excluding tert-OH is 1. The van der Waals surface area contributed by atoms with Crippen molar-refractivity contribution in [2.45, 2.75) is 57.6 Å². The minimum Gasteiger partial charge on any atom is -0.382 e. The molecule has 0 aliphatic carbocycles. The van der Waals surface area contributed by atoms with Crippen LogP contribution in [0.4, 0.5) is 13.2 Å². The second-order valence-corrected chi connectivity index (χ2v) is 10.3. The number of benzene rings is 2. The number of aliphatic hydroxyl groups is 1. The lowest BCUT2D eigenvalue weighted by atomic mass is 10.0. The summed E-state index contributed by atoms with van der Waals surface area (Å²) < 4.78 is 42.5. The zero-order valence-electron chi connectivity index (χ0n) is 22.0. The second-order valence-electron chi connectivity index (χ2n) is 9.90. The Morgan fingerprint density at radius 1 is 1.12 bits per heavy atom. The maximum atomic E-state index is 13.4. The van der Waals surface area contributed by atoms with Crippen LogP contribution in [0.25, 0.3) is 17.1 Å². The van der Waals surface area contributed by atoms with Gasteiger partial charge in [0.15, 0.2) is 17.8 Å². The lowest BCUT2D eigenvalue weighted by Crippen LogP contribution is -2.42. The Balaban J connectivity index is 1.46. The van der Waals surface area contributed by atoms with E-state index in [1.807, 2.05) is 11.8 Å². The molecule has 1 N–H and O–H groups in total. The number of alkyl halides is 3. The highest BCUT2D eigenvalue weighted by Gasteiger charge is 2.39. The summed E-state index contributed by atoms with van der Waals surface area (Å²) in [5.74, 6) is -0.0546. The molecule has 14 heteroatoms. The summed E-state index contributed by atoms with van der Waals surface area (Å²) >= 11 is 5.94. The first-order valence-electron chi connectivity index (χ1n) is 13.0. The van der Waals surface area contributed by atoms with Gasteiger partial charge in [0.25, 0.3) is 5.91 Å². The van der Waals surface area contributed by atoms with Gasteiger partial charge in [-0.3, -0.25) is 9.36 Å². The summed E-state index contributed by atoms with van der Waals surface area (Å²) in [7, 11) is 0. The second kappa shape index (κ2) is 11.5. The van der Waals surface area contributed by atoms with E-state index in [4.69, 9.17) is 11.6 Å². The Hall–Kier alpha value is -3.97. The van der Waals surface area contributed by atoms with Gasteiger partial charge in [-0.05, 0) is 62.6 Å². The van der Waals surface area contributed by atoms with Crippen LogP contribution in [-0.4, -0.2) is 69.9 Å². The molecule has 1 amide bonds. The molecule has 10 nitrogen and oxygen atoms in total. The van der Waals surface area contributed by atoms with E-state index in [1.165, 1.54) is 35.3 Å². The van der Waals surface area contributed by atoms with E-state index in [2.05, 4.69) is 15.2 Å². The van der Waals surface area contributed by atoms with Gasteiger partial charge in [0, 0.05) is 23.2 Å². The molecule has 1 fully saturated rings. The Labute approximate surface area is 237 Å². The van der Waals surface area contributed by atoms with E-state index in [0.717, 1.165) is 28.5 Å². The third kappa shape index (κ3) is 6.05. The molecule has 3 heterocycles. The van der Waals surface area contributed by atoms with Crippen LogP contribution < -0.4 is 5.69 Å². The third-order valence-corrected chi connectivity index (χ3v) is 7.29. The molecule has 0 spiro atoms. The topological polar surface area (TPSA) is 111 Å². The summed E-state index contributed by atoms with van der Waals surface area (Å²) in [4.78, 5) is 32.7. The summed E-state index contributed by atoms with van der Waals surface area (Å²) in [5, 5.41) is 18.7. The Morgan fingerprint density at radius 2 is 1.85 bits per heavy atom. The molecule has 1 aliphatic rings. The lowest BCUT2D eigenvalue weighted by Gasteiger charge is -2.33. The fourth-order valence-corrected chi connectivity index (χ4v) is 4.95. The molecular weight excluding hydrogens is 563 g/mol. The summed E-state index contributed by atoms with van der Waals surface area (Å²) in [6.07, 6.45) is -3.38. The zero-order chi connectivity index (χ0) is 29.3. The van der Waals surface area contributed by atoms with Crippen LogP contribution in [0.3, 0.4) is 0 Å². The quantitative estimate of drug-likeness (QED) is 0.350. The molecule has 2 aromatic carbocycles. The van der Waals surface area contributed by atoms with Gasteiger partial charge in [-0.25, -0.2) is 19.1 Å². The summed E-state index contributed by atoms with van der Waals surface area (Å²) in [6, 6.07) is 13.1. The van der Waals surface area contributed by atoms with E-state index < -0.39 is 24.5 Å². The fraction of sp³-hybridized carbons (Fsp3) is 0.370. The van der Waals surface area contributed by atoms with E-state index in [9.17, 15) is 27.9 Å². The average Bonchev–Trinajstić information content (AvgIpc) is 3.53. The molecule has 1 aliphatic heterocycles. The number of rotatable bonds is 7. The van der Waals surface area contributed by atoms with E-state index in [-0.39, 0.29) is 30.1 Å². The van der Waals surface area contributed by atoms with Gasteiger partial charge in [-0.1, -0.05) is 23.7 Å². The number of likely N-dealkylation sites (tertiary alicyclic amines) is 1. The number of piperidine rings is 1. The highest BCUT2D eigenvalue weighted by molar-refractivity contribution is 6.30. The molecule has 0 bridgehead atoms. The van der Waals surface area contributed by atoms with E-state index >= 15 is 0 Å². The van der Waals surface area contributed by atoms with Crippen LogP contribution in [0.15, 0.2) is 59.7 Å². The first-order chi connectivity index (χ1) is 19.5. The van der Waals surface area contributed by atoms with Crippen LogP contribution in [0, 0.1) is 0 Å². The highest BCUT2D eigenvalue weighted by Crippen LogP contribution is 2.25. The maximum absolute atomic E-state index is 13.4. The van der Waals surface area contributed by atoms with Crippen LogP contribution in [-0.2, 0) is 13.1 Å². The molecule has 1 saturated heterocycles. The van der Waals surface area contributed by atoms with Gasteiger partial charge < -0.3 is 10.0 Å². The van der Waals surface area contributed by atoms with Crippen molar-refractivity contribution >= 4 is 17.5 Å². The van der Waals surface area contributed by atoms with Gasteiger partial charge >= 0.3 is 11.9 Å². The van der Waals surface area contributed by atoms with Crippen molar-refractivity contribution in [1.82, 2.24) is 34.0 Å². The molecule has 2 aromatic heterocycles. The van der Waals surface area contributed by atoms with Crippen molar-refractivity contribution in [3.05, 3.63) is 81.8 Å². The first-order valence-corrected chi connectivity index (χ1v) is 13.4. The Morgan fingerprint density at radius 3 is 2.56 bits per heavy atom. The van der Waals surface area contributed by atoms with Crippen LogP contribution >= 0.6 is 11.6 Å². The summed E-state index contributed by atoms with van der Waals surface area (Å²) in [6.45, 7) is 1.38. The minimum absolute atomic E-state index is 0.0824. The zero-order valence-corrected chi connectivity index (χ0v) is 22.8. The Bertz CT molecular complexity index is 1600. The number of amides is 1. The van der Waals surface area contributed by atoms with Gasteiger partial charge in [0.1, 0.15) is 12.9 Å². The third-order valence-electron chi connectivity index (χ3n) is 7.03. The number of nitrogens with zero attached hydrogens (tertiary/aromatic N) is 7. The normalized spacial score (nSPS) is 16.6. The largest absolute Gasteiger partial charge is 0.416 e. The molecule has 0 saturated carbocycles. The number of para-hydroxylation sites is 1. The number of carbonyl (C=O) groups excluding carboxylic acids is 1. The van der Waals surface area contributed by atoms with E-state index in [1.54, 1.807) is 24.3 Å². The first kappa shape index (κ1) is 28.6. The predicted octanol–water partition coefficient (Wildman–Crippen LogP) is 3.93. The van der Waals surface area contributed by atoms with E-state index in [0.29, 0.717) is 28.4 Å². The van der Waals surface area contributed by atoms with Gasteiger partial charge in [-0.15, -0.1) is 10.2 Å². The van der Waals surface area contributed by atoms with Gasteiger partial charge in [0.05, 0.1) is 17.8 Å². The number of hydrogen-bond donors (Lipinski definition) is 1. The van der Waals surface area contributed by atoms with Crippen LogP contribution in [0.2, 0.25) is 5.02 Å². The standard InChI is InChI=1S/C27H27ClF3N7O3/c1-17-6-4-5-13-35(17)25(40)20-7-2-3-8-21(20)38-16-32-23(33-38)15-37-26(41)36(14-22(39)27(29,30)31)24(34-37)18-9-11-19(28)12-10-18/h2-3,7-12,16-17,22,39H,4-6,13-15H2,1H3/t17?,22-/m0/s1. The minimum atomic E-state index is -4.93. The van der Waals surface area contributed by atoms with Crippen molar-refractivity contribution < 1.29 is 23.1 Å². The molecule has 4 aromatic rings. The highest BCUT2D eigenvalue weighted by atomic mass is 35.5. The maximum Gasteiger partial charge on any atom is 0.416 e. The summed E-state index contributed by atoms with van der Waals surface area (Å²) in [5.41, 5.74) is 0.397. The van der Waals surface area contributed by atoms with Crippen LogP contribution in [0.5, 0.6) is 0 Å². The van der Waals surface area contributed by atoms with Crippen molar-refractivity contribution in [1.29, 1.82) is 0 Å². The SMILES string of the molecule is CC1CCCCN1C(=O)c1ccccc1-n1cnc(Cn2nc(-c3ccc(Cl)cc3)n(C[C@H](O)C(F)(F)F)c2=O)n1. The molecule has 5 rings (SSSR count). The lowest BCUT2D eigenvalue weighted by molar-refractivity contribution is -0.207. The molecule has 0 radical (unpaired) electrons. The molecule has 1 unspecified atom stereocenters. The van der Waals surface area contributed by atoms with Crippen molar-refractivity contribution in [2.75, 3.05) is 6.54 Å². The number of halogens is 4. The van der Waals surface area contributed by atoms with Crippen LogP contribution in [0.1, 0.15) is 42.4 Å². The smallest absolute Gasteiger partial charge is 0.382 e.